The number of aromatic nitrogens is 1. The number of hydrogen-bond acceptors (Lipinski definition) is 2. The van der Waals surface area contributed by atoms with Gasteiger partial charge in [0.15, 0.2) is 0 Å². The van der Waals surface area contributed by atoms with E-state index in [9.17, 15) is 10.1 Å². The first-order chi connectivity index (χ1) is 14.3. The van der Waals surface area contributed by atoms with E-state index in [0.717, 1.165) is 34.6 Å². The Labute approximate surface area is 182 Å². The second kappa shape index (κ2) is 9.02. The number of aryl methyl sites for hydroxylation is 3. The quantitative estimate of drug-likeness (QED) is 0.399. The van der Waals surface area contributed by atoms with Gasteiger partial charge < -0.3 is 9.88 Å². The molecule has 1 amide bonds. The predicted octanol–water partition coefficient (Wildman–Crippen LogP) is 6.16. The molecule has 1 N–H and O–H groups in total. The highest BCUT2D eigenvalue weighted by atomic mass is 35.5. The van der Waals surface area contributed by atoms with Gasteiger partial charge in [-0.25, -0.2) is 0 Å². The van der Waals surface area contributed by atoms with Gasteiger partial charge in [0.25, 0.3) is 5.91 Å². The van der Waals surface area contributed by atoms with Gasteiger partial charge in [-0.2, -0.15) is 5.26 Å². The lowest BCUT2D eigenvalue weighted by atomic mass is 10.1. The third kappa shape index (κ3) is 4.48. The van der Waals surface area contributed by atoms with Crippen LogP contribution in [0.1, 0.15) is 35.0 Å². The molecule has 152 valence electrons. The summed E-state index contributed by atoms with van der Waals surface area (Å²) in [6, 6.07) is 17.7. The molecule has 0 saturated carbocycles. The van der Waals surface area contributed by atoms with Crippen molar-refractivity contribution in [1.29, 1.82) is 5.26 Å². The monoisotopic (exact) mass is 417 g/mol. The lowest BCUT2D eigenvalue weighted by Crippen LogP contribution is -2.13. The standard InChI is InChI=1S/C25H24ClN3O/c1-5-19-7-10-23(11-8-19)29-17(3)12-20(18(29)4)13-21(15-27)25(30)28-22-9-6-16(2)24(26)14-22/h6-14H,5H2,1-4H3,(H,28,30)/b21-13-. The number of carbonyl (C=O) groups excluding carboxylic acids is 1. The summed E-state index contributed by atoms with van der Waals surface area (Å²) >= 11 is 6.12. The van der Waals surface area contributed by atoms with Crippen LogP contribution < -0.4 is 5.32 Å². The molecule has 3 aromatic rings. The highest BCUT2D eigenvalue weighted by Crippen LogP contribution is 2.24. The molecule has 0 saturated heterocycles. The minimum absolute atomic E-state index is 0.0354. The van der Waals surface area contributed by atoms with Crippen molar-refractivity contribution in [3.8, 4) is 11.8 Å². The van der Waals surface area contributed by atoms with Crippen LogP contribution in [0.15, 0.2) is 54.1 Å². The average Bonchev–Trinajstić information content (AvgIpc) is 3.01. The highest BCUT2D eigenvalue weighted by Gasteiger charge is 2.14. The van der Waals surface area contributed by atoms with E-state index in [1.54, 1.807) is 18.2 Å². The fraction of sp³-hybridized carbons (Fsp3) is 0.200. The van der Waals surface area contributed by atoms with Crippen LogP contribution >= 0.6 is 11.6 Å². The van der Waals surface area contributed by atoms with E-state index in [1.165, 1.54) is 5.56 Å². The summed E-state index contributed by atoms with van der Waals surface area (Å²) in [7, 11) is 0. The van der Waals surface area contributed by atoms with Crippen molar-refractivity contribution in [2.75, 3.05) is 5.32 Å². The lowest BCUT2D eigenvalue weighted by molar-refractivity contribution is -0.112. The third-order valence-corrected chi connectivity index (χ3v) is 5.57. The minimum Gasteiger partial charge on any atom is -0.321 e. The fourth-order valence-corrected chi connectivity index (χ4v) is 3.57. The van der Waals surface area contributed by atoms with Gasteiger partial charge in [0, 0.05) is 27.8 Å². The zero-order valence-electron chi connectivity index (χ0n) is 17.6. The van der Waals surface area contributed by atoms with Crippen LogP contribution in [0.25, 0.3) is 11.8 Å². The van der Waals surface area contributed by atoms with E-state index in [-0.39, 0.29) is 5.57 Å². The van der Waals surface area contributed by atoms with Gasteiger partial charge in [0.2, 0.25) is 0 Å². The first-order valence-corrected chi connectivity index (χ1v) is 10.2. The van der Waals surface area contributed by atoms with E-state index in [4.69, 9.17) is 11.6 Å². The normalized spacial score (nSPS) is 11.3. The number of anilines is 1. The Balaban J connectivity index is 1.91. The zero-order chi connectivity index (χ0) is 21.8. The van der Waals surface area contributed by atoms with Gasteiger partial charge in [0.05, 0.1) is 0 Å². The minimum atomic E-state index is -0.463. The predicted molar refractivity (Wildman–Crippen MR) is 123 cm³/mol. The molecular formula is C25H24ClN3O. The fourth-order valence-electron chi connectivity index (χ4n) is 3.38. The molecule has 4 nitrogen and oxygen atoms in total. The molecule has 1 aromatic heterocycles. The highest BCUT2D eigenvalue weighted by molar-refractivity contribution is 6.31. The van der Waals surface area contributed by atoms with Crippen LogP contribution in [-0.2, 0) is 11.2 Å². The van der Waals surface area contributed by atoms with Gasteiger partial charge in [0.1, 0.15) is 11.6 Å². The maximum Gasteiger partial charge on any atom is 0.266 e. The number of amides is 1. The Kier molecular flexibility index (Phi) is 6.44. The summed E-state index contributed by atoms with van der Waals surface area (Å²) in [5, 5.41) is 12.9. The second-order valence-electron chi connectivity index (χ2n) is 7.27. The number of nitriles is 1. The van der Waals surface area contributed by atoms with E-state index in [1.807, 2.05) is 39.0 Å². The zero-order valence-corrected chi connectivity index (χ0v) is 18.3. The van der Waals surface area contributed by atoms with E-state index in [0.29, 0.717) is 10.7 Å². The molecule has 0 aliphatic carbocycles. The van der Waals surface area contributed by atoms with Gasteiger partial charge in [-0.15, -0.1) is 0 Å². The van der Waals surface area contributed by atoms with Crippen molar-refractivity contribution in [3.63, 3.8) is 0 Å². The first kappa shape index (κ1) is 21.4. The summed E-state index contributed by atoms with van der Waals surface area (Å²) in [4.78, 5) is 12.6. The molecule has 0 bridgehead atoms. The van der Waals surface area contributed by atoms with Crippen molar-refractivity contribution >= 4 is 29.3 Å². The Bertz CT molecular complexity index is 1160. The SMILES string of the molecule is CCc1ccc(-n2c(C)cc(/C=C(/C#N)C(=O)Nc3ccc(C)c(Cl)c3)c2C)cc1. The van der Waals surface area contributed by atoms with Crippen LogP contribution in [0.4, 0.5) is 5.69 Å². The second-order valence-corrected chi connectivity index (χ2v) is 7.68. The average molecular weight is 418 g/mol. The Morgan fingerprint density at radius 1 is 1.13 bits per heavy atom. The Hall–Kier alpha value is -3.29. The molecule has 3 rings (SSSR count). The van der Waals surface area contributed by atoms with Crippen LogP contribution in [-0.4, -0.2) is 10.5 Å². The molecule has 5 heteroatoms. The van der Waals surface area contributed by atoms with Crippen molar-refractivity contribution in [1.82, 2.24) is 4.57 Å². The van der Waals surface area contributed by atoms with E-state index >= 15 is 0 Å². The van der Waals surface area contributed by atoms with Gasteiger partial charge in [-0.3, -0.25) is 4.79 Å². The molecule has 30 heavy (non-hydrogen) atoms. The van der Waals surface area contributed by atoms with Crippen molar-refractivity contribution < 1.29 is 4.79 Å². The van der Waals surface area contributed by atoms with Crippen LogP contribution in [0, 0.1) is 32.1 Å². The summed E-state index contributed by atoms with van der Waals surface area (Å²) in [5.74, 6) is -0.463. The Morgan fingerprint density at radius 3 is 2.43 bits per heavy atom. The van der Waals surface area contributed by atoms with Gasteiger partial charge in [-0.1, -0.05) is 36.7 Å². The van der Waals surface area contributed by atoms with Crippen LogP contribution in [0.3, 0.4) is 0 Å². The number of halogens is 1. The summed E-state index contributed by atoms with van der Waals surface area (Å²) in [6.45, 7) is 8.01. The molecule has 0 fully saturated rings. The van der Waals surface area contributed by atoms with Gasteiger partial charge in [-0.05, 0) is 80.3 Å². The van der Waals surface area contributed by atoms with Crippen LogP contribution in [0.2, 0.25) is 5.02 Å². The summed E-state index contributed by atoms with van der Waals surface area (Å²) in [5.41, 5.74) is 6.68. The van der Waals surface area contributed by atoms with Crippen molar-refractivity contribution in [2.45, 2.75) is 34.1 Å². The largest absolute Gasteiger partial charge is 0.321 e. The summed E-state index contributed by atoms with van der Waals surface area (Å²) in [6.07, 6.45) is 2.62. The molecular weight excluding hydrogens is 394 g/mol. The Morgan fingerprint density at radius 2 is 1.83 bits per heavy atom. The molecule has 2 aromatic carbocycles. The van der Waals surface area contributed by atoms with Crippen molar-refractivity contribution in [2.24, 2.45) is 0 Å². The number of nitrogens with zero attached hydrogens (tertiary/aromatic N) is 2. The number of rotatable bonds is 5. The third-order valence-electron chi connectivity index (χ3n) is 5.17. The van der Waals surface area contributed by atoms with E-state index < -0.39 is 5.91 Å². The molecule has 0 unspecified atom stereocenters. The van der Waals surface area contributed by atoms with Crippen molar-refractivity contribution in [3.05, 3.63) is 87.2 Å². The smallest absolute Gasteiger partial charge is 0.266 e. The molecule has 0 atom stereocenters. The molecule has 0 spiro atoms. The topological polar surface area (TPSA) is 57.8 Å². The van der Waals surface area contributed by atoms with Crippen LogP contribution in [0.5, 0.6) is 0 Å². The lowest BCUT2D eigenvalue weighted by Gasteiger charge is -2.10. The molecule has 0 radical (unpaired) electrons. The maximum atomic E-state index is 12.6. The first-order valence-electron chi connectivity index (χ1n) is 9.81. The number of carbonyl (C=O) groups is 1. The molecule has 1 heterocycles. The number of benzene rings is 2. The molecule has 0 aliphatic heterocycles. The summed E-state index contributed by atoms with van der Waals surface area (Å²) < 4.78 is 2.12. The van der Waals surface area contributed by atoms with Gasteiger partial charge >= 0.3 is 0 Å². The maximum absolute atomic E-state index is 12.6. The molecule has 0 aliphatic rings. The number of hydrogen-bond donors (Lipinski definition) is 1. The number of nitrogens with one attached hydrogen (secondary N) is 1. The van der Waals surface area contributed by atoms with E-state index in [2.05, 4.69) is 41.1 Å².